The molecule has 0 aliphatic carbocycles. The molecule has 2 amide bonds. The Bertz CT molecular complexity index is 1240. The zero-order valence-corrected chi connectivity index (χ0v) is 25.0. The number of fused-ring (bicyclic) bond motifs is 1. The van der Waals surface area contributed by atoms with Crippen molar-refractivity contribution in [1.29, 1.82) is 5.41 Å². The Morgan fingerprint density at radius 2 is 2.05 bits per heavy atom. The highest BCUT2D eigenvalue weighted by atomic mass is 32.2. The highest BCUT2D eigenvalue weighted by Crippen LogP contribution is 2.51. The number of carboxylic acid groups (broad SMARTS) is 1. The summed E-state index contributed by atoms with van der Waals surface area (Å²) in [6.45, 7) is 8.48. The van der Waals surface area contributed by atoms with Gasteiger partial charge in [0, 0.05) is 67.9 Å². The van der Waals surface area contributed by atoms with E-state index in [2.05, 4.69) is 36.4 Å². The molecule has 1 aromatic rings. The van der Waals surface area contributed by atoms with Crippen molar-refractivity contribution in [1.82, 2.24) is 50.9 Å². The third-order valence-electron chi connectivity index (χ3n) is 8.65. The number of carboxylic acids is 1. The number of aliphatic hydroxyl groups is 1. The first-order chi connectivity index (χ1) is 20.5. The molecule has 7 atom stereocenters. The van der Waals surface area contributed by atoms with Gasteiger partial charge in [-0.1, -0.05) is 6.92 Å². The van der Waals surface area contributed by atoms with E-state index >= 15 is 0 Å². The number of carbonyl (C=O) groups is 3. The average Bonchev–Trinajstić information content (AvgIpc) is 3.69. The Hall–Kier alpha value is -3.32. The number of aliphatic hydroxyl groups excluding tert-OH is 1. The van der Waals surface area contributed by atoms with Crippen LogP contribution in [0.25, 0.3) is 0 Å². The van der Waals surface area contributed by atoms with Crippen molar-refractivity contribution in [2.24, 2.45) is 17.6 Å². The van der Waals surface area contributed by atoms with E-state index in [1.54, 1.807) is 6.92 Å². The second kappa shape index (κ2) is 13.1. The van der Waals surface area contributed by atoms with Crippen molar-refractivity contribution in [3.63, 3.8) is 0 Å². The molecule has 4 aliphatic rings. The van der Waals surface area contributed by atoms with Crippen LogP contribution in [0.2, 0.25) is 0 Å². The minimum Gasteiger partial charge on any atom is -0.477 e. The van der Waals surface area contributed by atoms with E-state index in [0.29, 0.717) is 37.5 Å². The molecule has 1 aromatic heterocycles. The van der Waals surface area contributed by atoms with Gasteiger partial charge in [0.2, 0.25) is 11.8 Å². The summed E-state index contributed by atoms with van der Waals surface area (Å²) in [5.41, 5.74) is 5.36. The van der Waals surface area contributed by atoms with Gasteiger partial charge in [0.1, 0.15) is 18.3 Å². The number of nitrogens with two attached hydrogens (primary N) is 1. The molecule has 3 fully saturated rings. The van der Waals surface area contributed by atoms with Crippen LogP contribution in [0.3, 0.4) is 0 Å². The molecule has 17 nitrogen and oxygen atoms in total. The normalized spacial score (nSPS) is 28.9. The molecule has 0 saturated carbocycles. The number of aliphatic carboxylic acids is 1. The van der Waals surface area contributed by atoms with Crippen LogP contribution in [-0.4, -0.2) is 144 Å². The van der Waals surface area contributed by atoms with E-state index in [9.17, 15) is 24.6 Å². The maximum atomic E-state index is 13.3. The summed E-state index contributed by atoms with van der Waals surface area (Å²) in [5.74, 6) is -2.14. The number of thioether (sulfide) groups is 1. The summed E-state index contributed by atoms with van der Waals surface area (Å²) in [5, 5.41) is 47.8. The van der Waals surface area contributed by atoms with Gasteiger partial charge in [-0.2, -0.15) is 0 Å². The van der Waals surface area contributed by atoms with Gasteiger partial charge in [-0.15, -0.1) is 16.9 Å². The average molecular weight is 621 g/mol. The molecule has 0 radical (unpaired) electrons. The maximum Gasteiger partial charge on any atom is 0.353 e. The first-order valence-electron chi connectivity index (χ1n) is 14.5. The van der Waals surface area contributed by atoms with Crippen LogP contribution >= 0.6 is 11.8 Å². The summed E-state index contributed by atoms with van der Waals surface area (Å²) in [7, 11) is 0. The molecule has 0 aromatic carbocycles. The fourth-order valence-corrected chi connectivity index (χ4v) is 8.00. The van der Waals surface area contributed by atoms with Gasteiger partial charge in [-0.25, -0.2) is 9.48 Å². The van der Waals surface area contributed by atoms with Crippen LogP contribution < -0.4 is 21.7 Å². The Balaban J connectivity index is 1.15. The molecule has 0 spiro atoms. The lowest BCUT2D eigenvalue weighted by Gasteiger charge is -2.48. The standard InChI is InChI=1S/C25H40N12O5S/c1-13-19-18(14(2)31-17(38)11-36-12-30-32-33-36)23(40)37(19)20(24(41)42)21(13)43-15-9-16(29-10-15)22(39)35-7-5-34(6-8-35)4-3-28-25(26)27/h12-19,29,31,38H,3-11H2,1-2H3,(H,41,42)(H4,26,27,28)/t13-,14-,15+,16+,17?,18-,19-/m1/s1. The monoisotopic (exact) mass is 620 g/mol. The summed E-state index contributed by atoms with van der Waals surface area (Å²) < 4.78 is 1.38. The smallest absolute Gasteiger partial charge is 0.353 e. The Morgan fingerprint density at radius 1 is 1.30 bits per heavy atom. The number of amides is 2. The zero-order valence-electron chi connectivity index (χ0n) is 24.2. The van der Waals surface area contributed by atoms with Crippen molar-refractivity contribution in [3.8, 4) is 0 Å². The van der Waals surface area contributed by atoms with Gasteiger partial charge in [-0.05, 0) is 23.8 Å². The molecular weight excluding hydrogens is 580 g/mol. The minimum absolute atomic E-state index is 0.0133. The number of nitrogens with one attached hydrogen (secondary N) is 4. The number of β-lactam (4-membered cyclic amide) rings is 1. The number of guanidine groups is 1. The number of carbonyl (C=O) groups excluding carboxylic acids is 2. The zero-order chi connectivity index (χ0) is 30.8. The highest BCUT2D eigenvalue weighted by Gasteiger charge is 2.60. The second-order valence-corrected chi connectivity index (χ2v) is 12.8. The van der Waals surface area contributed by atoms with Crippen molar-refractivity contribution in [2.75, 3.05) is 45.8 Å². The molecule has 3 saturated heterocycles. The van der Waals surface area contributed by atoms with Gasteiger partial charge in [0.15, 0.2) is 5.96 Å². The first kappa shape index (κ1) is 31.1. The number of nitrogens with zero attached hydrogens (tertiary/aromatic N) is 7. The lowest BCUT2D eigenvalue weighted by Crippen LogP contribution is -2.66. The largest absolute Gasteiger partial charge is 0.477 e. The van der Waals surface area contributed by atoms with Crippen LogP contribution in [0.15, 0.2) is 16.9 Å². The fraction of sp³-hybridized carbons (Fsp3) is 0.720. The van der Waals surface area contributed by atoms with Gasteiger partial charge in [0.05, 0.1) is 24.5 Å². The Labute approximate surface area is 253 Å². The number of rotatable bonds is 12. The molecule has 18 heteroatoms. The van der Waals surface area contributed by atoms with Gasteiger partial charge >= 0.3 is 5.97 Å². The van der Waals surface area contributed by atoms with E-state index in [0.717, 1.165) is 19.6 Å². The van der Waals surface area contributed by atoms with Crippen LogP contribution in [0.5, 0.6) is 0 Å². The van der Waals surface area contributed by atoms with Crippen LogP contribution in [0.1, 0.15) is 20.3 Å². The first-order valence-corrected chi connectivity index (χ1v) is 15.4. The van der Waals surface area contributed by atoms with Gasteiger partial charge in [-0.3, -0.25) is 25.2 Å². The van der Waals surface area contributed by atoms with Gasteiger partial charge in [0.25, 0.3) is 0 Å². The topological polar surface area (TPSA) is 231 Å². The molecule has 8 N–H and O–H groups in total. The van der Waals surface area contributed by atoms with Crippen molar-refractivity contribution >= 4 is 35.5 Å². The van der Waals surface area contributed by atoms with Crippen molar-refractivity contribution < 1.29 is 24.6 Å². The van der Waals surface area contributed by atoms with E-state index < -0.39 is 24.2 Å². The molecule has 236 valence electrons. The van der Waals surface area contributed by atoms with Gasteiger partial charge < -0.3 is 36.4 Å². The molecule has 43 heavy (non-hydrogen) atoms. The third-order valence-corrected chi connectivity index (χ3v) is 10.2. The van der Waals surface area contributed by atoms with E-state index in [4.69, 9.17) is 11.1 Å². The number of tetrazole rings is 1. The van der Waals surface area contributed by atoms with E-state index in [1.807, 2.05) is 11.8 Å². The molecule has 4 aliphatic heterocycles. The summed E-state index contributed by atoms with van der Waals surface area (Å²) in [6.07, 6.45) is 0.952. The lowest BCUT2D eigenvalue weighted by molar-refractivity contribution is -0.158. The molecule has 5 heterocycles. The quantitative estimate of drug-likeness (QED) is 0.0529. The number of hydrogen-bond acceptors (Lipinski definition) is 12. The van der Waals surface area contributed by atoms with Crippen LogP contribution in [-0.2, 0) is 20.9 Å². The number of hydrogen-bond donors (Lipinski definition) is 7. The maximum absolute atomic E-state index is 13.3. The predicted molar refractivity (Wildman–Crippen MR) is 155 cm³/mol. The summed E-state index contributed by atoms with van der Waals surface area (Å²) >= 11 is 1.45. The molecule has 1 unspecified atom stereocenters. The van der Waals surface area contributed by atoms with Crippen molar-refractivity contribution in [2.45, 2.75) is 56.4 Å². The van der Waals surface area contributed by atoms with E-state index in [1.165, 1.54) is 27.7 Å². The SMILES string of the molecule is C[C@@H](NC(O)Cn1cnnn1)[C@H]1C(=O)N2C(C(=O)O)=C(S[C@@H]3CN[C@H](C(=O)N4CCN(CCNC(=N)N)CC4)C3)[C@H](C)[C@H]12. The van der Waals surface area contributed by atoms with Crippen molar-refractivity contribution in [3.05, 3.63) is 16.9 Å². The summed E-state index contributed by atoms with van der Waals surface area (Å²) in [4.78, 5) is 45.0. The number of aromatic nitrogens is 4. The fourth-order valence-electron chi connectivity index (χ4n) is 6.52. The molecule has 5 rings (SSSR count). The Kier molecular flexibility index (Phi) is 9.50. The number of piperazine rings is 1. The predicted octanol–water partition coefficient (Wildman–Crippen LogP) is -3.17. The molecule has 0 bridgehead atoms. The Morgan fingerprint density at radius 3 is 2.70 bits per heavy atom. The van der Waals surface area contributed by atoms with Crippen LogP contribution in [0.4, 0.5) is 0 Å². The summed E-state index contributed by atoms with van der Waals surface area (Å²) in [6, 6.07) is -1.09. The van der Waals surface area contributed by atoms with Crippen LogP contribution in [0, 0.1) is 17.2 Å². The van der Waals surface area contributed by atoms with E-state index in [-0.39, 0.29) is 53.3 Å². The minimum atomic E-state index is -1.14. The highest BCUT2D eigenvalue weighted by molar-refractivity contribution is 8.03. The third kappa shape index (κ3) is 6.62. The molecular formula is C25H40N12O5S. The lowest BCUT2D eigenvalue weighted by atomic mass is 9.78. The second-order valence-electron chi connectivity index (χ2n) is 11.5.